The van der Waals surface area contributed by atoms with Gasteiger partial charge in [0.1, 0.15) is 0 Å². The SMILES string of the molecule is CC(C)Nc1cn[c-]n(CC(=O)C(C)C)c1=O.[Rb+]. The Hall–Kier alpha value is 0.155. The summed E-state index contributed by atoms with van der Waals surface area (Å²) in [7, 11) is 0. The Morgan fingerprint density at radius 1 is 1.44 bits per heavy atom. The Morgan fingerprint density at radius 3 is 2.56 bits per heavy atom. The number of nitrogens with zero attached hydrogens (tertiary/aromatic N) is 2. The van der Waals surface area contributed by atoms with Crippen LogP contribution in [0.1, 0.15) is 27.7 Å². The molecule has 0 bridgehead atoms. The number of hydrogen-bond donors (Lipinski definition) is 1. The first kappa shape index (κ1) is 18.2. The molecule has 0 amide bonds. The largest absolute Gasteiger partial charge is 1.00 e. The Balaban J connectivity index is 0.00000289. The number of hydrogen-bond acceptors (Lipinski definition) is 4. The molecular formula is C12H18N3O2Rb. The number of rotatable bonds is 5. The van der Waals surface area contributed by atoms with Crippen LogP contribution < -0.4 is 69.1 Å². The van der Waals surface area contributed by atoms with Crippen LogP contribution in [0, 0.1) is 12.2 Å². The fraction of sp³-hybridized carbons (Fsp3) is 0.583. The van der Waals surface area contributed by atoms with Crippen molar-refractivity contribution in [3.05, 3.63) is 22.9 Å². The topological polar surface area (TPSA) is 64.0 Å². The van der Waals surface area contributed by atoms with Crippen LogP contribution in [-0.2, 0) is 11.3 Å². The summed E-state index contributed by atoms with van der Waals surface area (Å²) in [6, 6.07) is 0.140. The maximum Gasteiger partial charge on any atom is 1.00 e. The van der Waals surface area contributed by atoms with Gasteiger partial charge in [0.25, 0.3) is 0 Å². The minimum Gasteiger partial charge on any atom is -0.399 e. The van der Waals surface area contributed by atoms with Gasteiger partial charge in [0.2, 0.25) is 0 Å². The number of ketones is 1. The van der Waals surface area contributed by atoms with Crippen LogP contribution in [0.25, 0.3) is 0 Å². The molecule has 0 aliphatic rings. The van der Waals surface area contributed by atoms with E-state index in [1.165, 1.54) is 10.8 Å². The van der Waals surface area contributed by atoms with E-state index in [0.29, 0.717) is 5.69 Å². The smallest absolute Gasteiger partial charge is 0.399 e. The quantitative estimate of drug-likeness (QED) is 0.643. The maximum absolute atomic E-state index is 11.9. The van der Waals surface area contributed by atoms with Gasteiger partial charge in [-0.15, -0.1) is 0 Å². The van der Waals surface area contributed by atoms with Crippen LogP contribution in [0.4, 0.5) is 5.69 Å². The molecule has 1 heterocycles. The zero-order valence-electron chi connectivity index (χ0n) is 11.7. The summed E-state index contributed by atoms with van der Waals surface area (Å²) in [6.07, 6.45) is 3.96. The van der Waals surface area contributed by atoms with Crippen molar-refractivity contribution in [1.82, 2.24) is 9.55 Å². The van der Waals surface area contributed by atoms with E-state index >= 15 is 0 Å². The molecule has 1 aromatic heterocycles. The van der Waals surface area contributed by atoms with Gasteiger partial charge in [-0.3, -0.25) is 4.79 Å². The fourth-order valence-electron chi connectivity index (χ4n) is 1.26. The molecule has 0 spiro atoms. The molecule has 0 aromatic carbocycles. The van der Waals surface area contributed by atoms with Crippen molar-refractivity contribution >= 4 is 11.5 Å². The number of anilines is 1. The van der Waals surface area contributed by atoms with Crippen LogP contribution in [0.3, 0.4) is 0 Å². The second-order valence-electron chi connectivity index (χ2n) is 4.58. The third-order valence-electron chi connectivity index (χ3n) is 2.25. The molecule has 94 valence electrons. The van der Waals surface area contributed by atoms with Crippen molar-refractivity contribution in [3.63, 3.8) is 0 Å². The molecule has 0 aliphatic heterocycles. The number of aromatic nitrogens is 2. The molecule has 0 radical (unpaired) electrons. The van der Waals surface area contributed by atoms with E-state index in [2.05, 4.69) is 16.6 Å². The Labute approximate surface area is 156 Å². The monoisotopic (exact) mass is 321 g/mol. The van der Waals surface area contributed by atoms with Gasteiger partial charge in [0, 0.05) is 24.0 Å². The van der Waals surface area contributed by atoms with Gasteiger partial charge >= 0.3 is 58.2 Å². The Bertz CT molecular complexity index is 455. The first-order valence-corrected chi connectivity index (χ1v) is 5.68. The number of carbonyl (C=O) groups is 1. The summed E-state index contributed by atoms with van der Waals surface area (Å²) in [5.41, 5.74) is 0.137. The van der Waals surface area contributed by atoms with Crippen molar-refractivity contribution in [1.29, 1.82) is 0 Å². The van der Waals surface area contributed by atoms with Crippen molar-refractivity contribution in [2.45, 2.75) is 40.3 Å². The van der Waals surface area contributed by atoms with Crippen molar-refractivity contribution in [3.8, 4) is 0 Å². The molecular weight excluding hydrogens is 304 g/mol. The molecule has 0 atom stereocenters. The van der Waals surface area contributed by atoms with E-state index in [-0.39, 0.29) is 88.0 Å². The van der Waals surface area contributed by atoms with E-state index in [9.17, 15) is 9.59 Å². The number of Topliss-reactive ketones (excluding diaryl/α,β-unsaturated/α-hetero) is 1. The fourth-order valence-corrected chi connectivity index (χ4v) is 1.26. The zero-order chi connectivity index (χ0) is 13.0. The van der Waals surface area contributed by atoms with Gasteiger partial charge in [0.05, 0.1) is 6.54 Å². The van der Waals surface area contributed by atoms with Crippen LogP contribution in [-0.4, -0.2) is 21.4 Å². The van der Waals surface area contributed by atoms with Gasteiger partial charge in [-0.05, 0) is 13.8 Å². The molecule has 1 N–H and O–H groups in total. The summed E-state index contributed by atoms with van der Waals surface area (Å²) in [4.78, 5) is 27.3. The van der Waals surface area contributed by atoms with E-state index in [4.69, 9.17) is 0 Å². The van der Waals surface area contributed by atoms with Crippen LogP contribution in [0.5, 0.6) is 0 Å². The summed E-state index contributed by atoms with van der Waals surface area (Å²) in [6.45, 7) is 7.49. The van der Waals surface area contributed by atoms with Crippen molar-refractivity contribution in [2.24, 2.45) is 5.92 Å². The first-order chi connectivity index (χ1) is 7.91. The third kappa shape index (κ3) is 5.42. The molecule has 6 heteroatoms. The molecule has 5 nitrogen and oxygen atoms in total. The van der Waals surface area contributed by atoms with Crippen molar-refractivity contribution < 1.29 is 63.0 Å². The minimum atomic E-state index is -0.261. The van der Waals surface area contributed by atoms with E-state index in [1.54, 1.807) is 13.8 Å². The van der Waals surface area contributed by atoms with E-state index in [0.717, 1.165) is 0 Å². The molecule has 18 heavy (non-hydrogen) atoms. The van der Waals surface area contributed by atoms with E-state index < -0.39 is 0 Å². The molecule has 0 aliphatic carbocycles. The molecule has 0 fully saturated rings. The zero-order valence-corrected chi connectivity index (χ0v) is 16.6. The maximum atomic E-state index is 11.9. The van der Waals surface area contributed by atoms with Crippen LogP contribution in [0.15, 0.2) is 11.0 Å². The second-order valence-corrected chi connectivity index (χ2v) is 4.58. The first-order valence-electron chi connectivity index (χ1n) is 5.68. The van der Waals surface area contributed by atoms with Gasteiger partial charge in [-0.2, -0.15) is 0 Å². The standard InChI is InChI=1S/C12H18N3O2.Rb/c1-8(2)11(16)6-15-7-13-5-10(12(15)17)14-9(3)4;/h5,8-9,14H,6H2,1-4H3;/q-1;+1. The summed E-state index contributed by atoms with van der Waals surface area (Å²) in [5, 5.41) is 2.99. The number of nitrogens with one attached hydrogen (secondary N) is 1. The average molecular weight is 322 g/mol. The summed E-state index contributed by atoms with van der Waals surface area (Å²) >= 11 is 0. The predicted molar refractivity (Wildman–Crippen MR) is 65.9 cm³/mol. The van der Waals surface area contributed by atoms with Gasteiger partial charge in [-0.1, -0.05) is 20.0 Å². The molecule has 1 rings (SSSR count). The second kappa shape index (κ2) is 8.35. The number of carbonyl (C=O) groups excluding carboxylic acids is 1. The molecule has 0 saturated carbocycles. The normalized spacial score (nSPS) is 10.3. The minimum absolute atomic E-state index is 0. The predicted octanol–water partition coefficient (Wildman–Crippen LogP) is -1.91. The summed E-state index contributed by atoms with van der Waals surface area (Å²) < 4.78 is 1.22. The van der Waals surface area contributed by atoms with Crippen molar-refractivity contribution in [2.75, 3.05) is 5.32 Å². The Morgan fingerprint density at radius 2 is 2.06 bits per heavy atom. The van der Waals surface area contributed by atoms with Gasteiger partial charge < -0.3 is 19.7 Å². The van der Waals surface area contributed by atoms with Gasteiger partial charge in [-0.25, -0.2) is 0 Å². The summed E-state index contributed by atoms with van der Waals surface area (Å²) in [5.74, 6) is -0.108. The molecule has 0 unspecified atom stereocenters. The van der Waals surface area contributed by atoms with Gasteiger partial charge in [0.15, 0.2) is 11.3 Å². The molecule has 0 saturated heterocycles. The average Bonchev–Trinajstić information content (AvgIpc) is 2.23. The third-order valence-corrected chi connectivity index (χ3v) is 2.25. The van der Waals surface area contributed by atoms with Crippen LogP contribution in [0.2, 0.25) is 0 Å². The molecule has 1 aromatic rings. The Kier molecular flexibility index (Phi) is 8.42. The van der Waals surface area contributed by atoms with E-state index in [1.807, 2.05) is 13.8 Å². The van der Waals surface area contributed by atoms with Crippen LogP contribution >= 0.6 is 0 Å².